The van der Waals surface area contributed by atoms with Crippen molar-refractivity contribution in [2.45, 2.75) is 27.7 Å². The molecule has 2 aromatic rings. The van der Waals surface area contributed by atoms with Crippen molar-refractivity contribution in [3.8, 4) is 11.3 Å². The third-order valence-electron chi connectivity index (χ3n) is 2.98. The molecule has 1 N–H and O–H groups in total. The van der Waals surface area contributed by atoms with E-state index in [0.717, 1.165) is 23.2 Å². The first-order valence-electron chi connectivity index (χ1n) is 6.37. The highest BCUT2D eigenvalue weighted by molar-refractivity contribution is 5.68. The maximum atomic E-state index is 14.2. The Kier molecular flexibility index (Phi) is 3.79. The zero-order valence-corrected chi connectivity index (χ0v) is 11.7. The zero-order chi connectivity index (χ0) is 14.0. The number of aromatic nitrogens is 2. The molecule has 0 saturated heterocycles. The summed E-state index contributed by atoms with van der Waals surface area (Å²) < 4.78 is 14.2. The minimum absolute atomic E-state index is 0.234. The number of nitrogens with one attached hydrogen (secondary N) is 1. The molecule has 0 bridgehead atoms. The quantitative estimate of drug-likeness (QED) is 0.914. The molecule has 100 valence electrons. The van der Waals surface area contributed by atoms with Gasteiger partial charge in [-0.05, 0) is 50.5 Å². The van der Waals surface area contributed by atoms with Gasteiger partial charge in [-0.3, -0.25) is 0 Å². The maximum absolute atomic E-state index is 14.2. The SMILES string of the molecule is CCNc1ncc(C)c(-c2c(C)cc(C)cc2F)n1. The fourth-order valence-electron chi connectivity index (χ4n) is 2.15. The Bertz CT molecular complexity index is 585. The summed E-state index contributed by atoms with van der Waals surface area (Å²) in [6.45, 7) is 8.39. The van der Waals surface area contributed by atoms with Crippen LogP contribution < -0.4 is 5.32 Å². The molecule has 0 aliphatic heterocycles. The van der Waals surface area contributed by atoms with E-state index in [1.807, 2.05) is 33.8 Å². The first-order chi connectivity index (χ1) is 9.02. The summed E-state index contributed by atoms with van der Waals surface area (Å²) in [6, 6.07) is 3.50. The number of anilines is 1. The van der Waals surface area contributed by atoms with Crippen LogP contribution in [0.5, 0.6) is 0 Å². The lowest BCUT2D eigenvalue weighted by Crippen LogP contribution is -2.05. The van der Waals surface area contributed by atoms with E-state index < -0.39 is 0 Å². The summed E-state index contributed by atoms with van der Waals surface area (Å²) in [7, 11) is 0. The highest BCUT2D eigenvalue weighted by Crippen LogP contribution is 2.29. The number of rotatable bonds is 3. The van der Waals surface area contributed by atoms with E-state index in [0.29, 0.717) is 17.2 Å². The Labute approximate surface area is 112 Å². The van der Waals surface area contributed by atoms with Crippen LogP contribution in [0.3, 0.4) is 0 Å². The molecule has 0 aliphatic carbocycles. The highest BCUT2D eigenvalue weighted by Gasteiger charge is 2.14. The third-order valence-corrected chi connectivity index (χ3v) is 2.98. The summed E-state index contributed by atoms with van der Waals surface area (Å²) >= 11 is 0. The predicted octanol–water partition coefficient (Wildman–Crippen LogP) is 3.64. The van der Waals surface area contributed by atoms with Crippen LogP contribution in [-0.4, -0.2) is 16.5 Å². The van der Waals surface area contributed by atoms with Crippen molar-refractivity contribution in [3.63, 3.8) is 0 Å². The smallest absolute Gasteiger partial charge is 0.223 e. The zero-order valence-electron chi connectivity index (χ0n) is 11.7. The third kappa shape index (κ3) is 2.72. The van der Waals surface area contributed by atoms with Crippen LogP contribution in [0.25, 0.3) is 11.3 Å². The Hall–Kier alpha value is -1.97. The van der Waals surface area contributed by atoms with Crippen molar-refractivity contribution < 1.29 is 4.39 Å². The molecule has 2 rings (SSSR count). The molecule has 0 saturated carbocycles. The molecule has 3 nitrogen and oxygen atoms in total. The summed E-state index contributed by atoms with van der Waals surface area (Å²) in [6.07, 6.45) is 1.72. The average molecular weight is 259 g/mol. The van der Waals surface area contributed by atoms with Gasteiger partial charge in [0.25, 0.3) is 0 Å². The van der Waals surface area contributed by atoms with Gasteiger partial charge in [0.15, 0.2) is 0 Å². The van der Waals surface area contributed by atoms with Crippen molar-refractivity contribution >= 4 is 5.95 Å². The normalized spacial score (nSPS) is 10.6. The average Bonchev–Trinajstić information content (AvgIpc) is 2.32. The molecule has 19 heavy (non-hydrogen) atoms. The largest absolute Gasteiger partial charge is 0.354 e. The number of hydrogen-bond acceptors (Lipinski definition) is 3. The van der Waals surface area contributed by atoms with Gasteiger partial charge in [-0.25, -0.2) is 14.4 Å². The Balaban J connectivity index is 2.61. The number of benzene rings is 1. The molecule has 4 heteroatoms. The number of halogens is 1. The second kappa shape index (κ2) is 5.34. The number of aryl methyl sites for hydroxylation is 3. The van der Waals surface area contributed by atoms with Crippen LogP contribution in [0.1, 0.15) is 23.6 Å². The summed E-state index contributed by atoms with van der Waals surface area (Å²) in [5, 5.41) is 3.05. The van der Waals surface area contributed by atoms with E-state index in [2.05, 4.69) is 15.3 Å². The van der Waals surface area contributed by atoms with Gasteiger partial charge < -0.3 is 5.32 Å². The van der Waals surface area contributed by atoms with Gasteiger partial charge in [0, 0.05) is 18.3 Å². The molecule has 1 aromatic heterocycles. The van der Waals surface area contributed by atoms with Crippen molar-refractivity contribution in [3.05, 3.63) is 40.8 Å². The van der Waals surface area contributed by atoms with Gasteiger partial charge in [0.05, 0.1) is 5.69 Å². The van der Waals surface area contributed by atoms with E-state index in [1.54, 1.807) is 6.20 Å². The van der Waals surface area contributed by atoms with Crippen LogP contribution in [0.2, 0.25) is 0 Å². The van der Waals surface area contributed by atoms with Crippen LogP contribution in [0.4, 0.5) is 10.3 Å². The molecular weight excluding hydrogens is 241 g/mol. The van der Waals surface area contributed by atoms with Gasteiger partial charge in [-0.1, -0.05) is 6.07 Å². The summed E-state index contributed by atoms with van der Waals surface area (Å²) in [5.74, 6) is 0.296. The molecule has 0 amide bonds. The minimum atomic E-state index is -0.234. The molecule has 1 aromatic carbocycles. The predicted molar refractivity (Wildman–Crippen MR) is 75.8 cm³/mol. The maximum Gasteiger partial charge on any atom is 0.223 e. The first kappa shape index (κ1) is 13.5. The van der Waals surface area contributed by atoms with Crippen molar-refractivity contribution in [2.24, 2.45) is 0 Å². The Morgan fingerprint density at radius 3 is 2.53 bits per heavy atom. The number of hydrogen-bond donors (Lipinski definition) is 1. The fraction of sp³-hybridized carbons (Fsp3) is 0.333. The highest BCUT2D eigenvalue weighted by atomic mass is 19.1. The second-order valence-electron chi connectivity index (χ2n) is 4.69. The van der Waals surface area contributed by atoms with Gasteiger partial charge in [0.1, 0.15) is 5.82 Å². The molecule has 0 radical (unpaired) electrons. The van der Waals surface area contributed by atoms with E-state index in [4.69, 9.17) is 0 Å². The van der Waals surface area contributed by atoms with Crippen molar-refractivity contribution in [2.75, 3.05) is 11.9 Å². The monoisotopic (exact) mass is 259 g/mol. The van der Waals surface area contributed by atoms with E-state index >= 15 is 0 Å². The lowest BCUT2D eigenvalue weighted by molar-refractivity contribution is 0.628. The van der Waals surface area contributed by atoms with Gasteiger partial charge >= 0.3 is 0 Å². The lowest BCUT2D eigenvalue weighted by Gasteiger charge is -2.12. The van der Waals surface area contributed by atoms with Crippen LogP contribution in [-0.2, 0) is 0 Å². The minimum Gasteiger partial charge on any atom is -0.354 e. The topological polar surface area (TPSA) is 37.8 Å². The summed E-state index contributed by atoms with van der Waals surface area (Å²) in [4.78, 5) is 8.61. The molecule has 0 fully saturated rings. The molecule has 1 heterocycles. The molecule has 0 spiro atoms. The van der Waals surface area contributed by atoms with Crippen molar-refractivity contribution in [1.82, 2.24) is 9.97 Å². The number of nitrogens with zero attached hydrogens (tertiary/aromatic N) is 2. The van der Waals surface area contributed by atoms with Crippen LogP contribution in [0, 0.1) is 26.6 Å². The van der Waals surface area contributed by atoms with Crippen molar-refractivity contribution in [1.29, 1.82) is 0 Å². The molecular formula is C15H18FN3. The van der Waals surface area contributed by atoms with Crippen LogP contribution in [0.15, 0.2) is 18.3 Å². The van der Waals surface area contributed by atoms with Gasteiger partial charge in [-0.2, -0.15) is 0 Å². The van der Waals surface area contributed by atoms with E-state index in [-0.39, 0.29) is 5.82 Å². The van der Waals surface area contributed by atoms with Crippen LogP contribution >= 0.6 is 0 Å². The fourth-order valence-corrected chi connectivity index (χ4v) is 2.15. The van der Waals surface area contributed by atoms with E-state index in [1.165, 1.54) is 6.07 Å². The molecule has 0 unspecified atom stereocenters. The first-order valence-corrected chi connectivity index (χ1v) is 6.37. The molecule has 0 atom stereocenters. The summed E-state index contributed by atoms with van der Waals surface area (Å²) in [5.41, 5.74) is 3.89. The Morgan fingerprint density at radius 2 is 1.89 bits per heavy atom. The molecule has 0 aliphatic rings. The second-order valence-corrected chi connectivity index (χ2v) is 4.69. The standard InChI is InChI=1S/C15H18FN3/c1-5-17-15-18-8-11(4)14(19-15)13-10(3)6-9(2)7-12(13)16/h6-8H,5H2,1-4H3,(H,17,18,19). The van der Waals surface area contributed by atoms with Gasteiger partial charge in [0.2, 0.25) is 5.95 Å². The lowest BCUT2D eigenvalue weighted by atomic mass is 10.00. The van der Waals surface area contributed by atoms with E-state index in [9.17, 15) is 4.39 Å². The Morgan fingerprint density at radius 1 is 1.16 bits per heavy atom. The van der Waals surface area contributed by atoms with Gasteiger partial charge in [-0.15, -0.1) is 0 Å².